The van der Waals surface area contributed by atoms with Gasteiger partial charge in [0.25, 0.3) is 5.91 Å². The summed E-state index contributed by atoms with van der Waals surface area (Å²) < 4.78 is 13.0. The number of nitrogens with one attached hydrogen (secondary N) is 2. The zero-order valence-corrected chi connectivity index (χ0v) is 19.4. The zero-order valence-electron chi connectivity index (χ0n) is 19.4. The first kappa shape index (κ1) is 25.0. The number of hydrogen-bond acceptors (Lipinski definition) is 3. The molecule has 0 radical (unpaired) electrons. The van der Waals surface area contributed by atoms with E-state index in [4.69, 9.17) is 0 Å². The van der Waals surface area contributed by atoms with Crippen LogP contribution < -0.4 is 10.6 Å². The highest BCUT2D eigenvalue weighted by Gasteiger charge is 2.23. The van der Waals surface area contributed by atoms with Crippen molar-refractivity contribution in [1.82, 2.24) is 15.5 Å². The zero-order chi connectivity index (χ0) is 23.9. The van der Waals surface area contributed by atoms with Crippen molar-refractivity contribution >= 4 is 17.7 Å². The fourth-order valence-electron chi connectivity index (χ4n) is 3.11. The first-order valence-electron chi connectivity index (χ1n) is 10.7. The smallest absolute Gasteiger partial charge is 0.251 e. The number of rotatable bonds is 8. The van der Waals surface area contributed by atoms with Crippen molar-refractivity contribution in [3.8, 4) is 0 Å². The molecular weight excluding hydrogens is 409 g/mol. The van der Waals surface area contributed by atoms with Gasteiger partial charge in [-0.05, 0) is 54.7 Å². The lowest BCUT2D eigenvalue weighted by molar-refractivity contribution is -0.137. The summed E-state index contributed by atoms with van der Waals surface area (Å²) in [6.07, 6.45) is 0. The first-order valence-corrected chi connectivity index (χ1v) is 10.7. The maximum Gasteiger partial charge on any atom is 0.251 e. The minimum Gasteiger partial charge on any atom is -0.350 e. The number of carbonyl (C=O) groups excluding carboxylic acids is 3. The fourth-order valence-corrected chi connectivity index (χ4v) is 3.11. The van der Waals surface area contributed by atoms with Crippen LogP contribution in [0.5, 0.6) is 0 Å². The molecule has 0 bridgehead atoms. The molecule has 0 saturated carbocycles. The Labute approximate surface area is 189 Å². The molecule has 0 aromatic heterocycles. The highest BCUT2D eigenvalue weighted by Crippen LogP contribution is 2.22. The van der Waals surface area contributed by atoms with E-state index in [9.17, 15) is 18.8 Å². The van der Waals surface area contributed by atoms with Crippen molar-refractivity contribution in [2.45, 2.75) is 52.6 Å². The van der Waals surface area contributed by atoms with Crippen molar-refractivity contribution in [2.75, 3.05) is 13.1 Å². The molecule has 0 saturated heterocycles. The number of halogens is 1. The lowest BCUT2D eigenvalue weighted by Crippen LogP contribution is -2.49. The Hall–Kier alpha value is -3.22. The second-order valence-corrected chi connectivity index (χ2v) is 8.78. The van der Waals surface area contributed by atoms with Gasteiger partial charge in [0.05, 0.1) is 6.54 Å². The Morgan fingerprint density at radius 2 is 1.59 bits per heavy atom. The van der Waals surface area contributed by atoms with Gasteiger partial charge in [-0.15, -0.1) is 0 Å². The molecule has 2 aromatic rings. The summed E-state index contributed by atoms with van der Waals surface area (Å²) in [4.78, 5) is 39.0. The summed E-state index contributed by atoms with van der Waals surface area (Å²) in [6.45, 7) is 10.1. The largest absolute Gasteiger partial charge is 0.350 e. The van der Waals surface area contributed by atoms with Crippen molar-refractivity contribution in [3.05, 3.63) is 71.0 Å². The van der Waals surface area contributed by atoms with Gasteiger partial charge in [-0.2, -0.15) is 0 Å². The summed E-state index contributed by atoms with van der Waals surface area (Å²) >= 11 is 0. The van der Waals surface area contributed by atoms with E-state index >= 15 is 0 Å². The maximum absolute atomic E-state index is 13.0. The van der Waals surface area contributed by atoms with E-state index in [0.29, 0.717) is 12.1 Å². The number of nitrogens with zero attached hydrogens (tertiary/aromatic N) is 1. The normalized spacial score (nSPS) is 12.1. The van der Waals surface area contributed by atoms with E-state index in [0.717, 1.165) is 11.1 Å². The van der Waals surface area contributed by atoms with E-state index in [1.807, 2.05) is 12.1 Å². The van der Waals surface area contributed by atoms with Crippen molar-refractivity contribution in [1.29, 1.82) is 0 Å². The molecule has 2 N–H and O–H groups in total. The van der Waals surface area contributed by atoms with Crippen LogP contribution in [0.3, 0.4) is 0 Å². The van der Waals surface area contributed by atoms with Crippen LogP contribution >= 0.6 is 0 Å². The van der Waals surface area contributed by atoms with Gasteiger partial charge in [0.15, 0.2) is 0 Å². The molecule has 0 aliphatic carbocycles. The quantitative estimate of drug-likeness (QED) is 0.659. The molecule has 0 spiro atoms. The van der Waals surface area contributed by atoms with Crippen LogP contribution in [0.2, 0.25) is 0 Å². The third kappa shape index (κ3) is 7.18. The van der Waals surface area contributed by atoms with Gasteiger partial charge < -0.3 is 15.5 Å². The lowest BCUT2D eigenvalue weighted by Gasteiger charge is -2.24. The second-order valence-electron chi connectivity index (χ2n) is 8.78. The molecule has 0 fully saturated rings. The molecule has 1 unspecified atom stereocenters. The van der Waals surface area contributed by atoms with Gasteiger partial charge in [0.2, 0.25) is 11.8 Å². The summed E-state index contributed by atoms with van der Waals surface area (Å²) in [5, 5.41) is 5.43. The Balaban J connectivity index is 1.90. The predicted octanol–water partition coefficient (Wildman–Crippen LogP) is 3.41. The van der Waals surface area contributed by atoms with Gasteiger partial charge in [0.1, 0.15) is 11.9 Å². The maximum atomic E-state index is 13.0. The lowest BCUT2D eigenvalue weighted by atomic mass is 9.86. The molecule has 0 aliphatic rings. The van der Waals surface area contributed by atoms with Crippen LogP contribution in [-0.4, -0.2) is 41.8 Å². The third-order valence-electron chi connectivity index (χ3n) is 5.16. The molecule has 0 aliphatic heterocycles. The molecule has 2 rings (SSSR count). The Morgan fingerprint density at radius 3 is 2.12 bits per heavy atom. The number of carbonyl (C=O) groups is 3. The van der Waals surface area contributed by atoms with E-state index in [-0.39, 0.29) is 42.0 Å². The number of likely N-dealkylation sites (N-methyl/N-ethyl adjacent to an activating group) is 1. The highest BCUT2D eigenvalue weighted by molar-refractivity contribution is 5.98. The van der Waals surface area contributed by atoms with Crippen LogP contribution in [-0.2, 0) is 21.5 Å². The minimum atomic E-state index is -0.783. The first-order chi connectivity index (χ1) is 15.0. The molecule has 7 heteroatoms. The van der Waals surface area contributed by atoms with E-state index in [2.05, 4.69) is 31.4 Å². The molecule has 172 valence electrons. The van der Waals surface area contributed by atoms with Gasteiger partial charge >= 0.3 is 0 Å². The van der Waals surface area contributed by atoms with Gasteiger partial charge in [-0.3, -0.25) is 14.4 Å². The van der Waals surface area contributed by atoms with Crippen molar-refractivity contribution < 1.29 is 18.8 Å². The van der Waals surface area contributed by atoms with E-state index in [1.165, 1.54) is 17.0 Å². The molecule has 32 heavy (non-hydrogen) atoms. The minimum absolute atomic E-state index is 0.0167. The van der Waals surface area contributed by atoms with E-state index < -0.39 is 6.04 Å². The number of amides is 3. The number of hydrogen-bond donors (Lipinski definition) is 2. The predicted molar refractivity (Wildman–Crippen MR) is 123 cm³/mol. The third-order valence-corrected chi connectivity index (χ3v) is 5.16. The van der Waals surface area contributed by atoms with Crippen molar-refractivity contribution in [2.24, 2.45) is 0 Å². The summed E-state index contributed by atoms with van der Waals surface area (Å²) in [7, 11) is 0. The topological polar surface area (TPSA) is 78.5 Å². The van der Waals surface area contributed by atoms with Crippen LogP contribution in [0.4, 0.5) is 4.39 Å². The summed E-state index contributed by atoms with van der Waals surface area (Å²) in [5.74, 6) is -1.36. The molecule has 0 heterocycles. The van der Waals surface area contributed by atoms with Crippen LogP contribution in [0.1, 0.15) is 56.1 Å². The molecule has 3 amide bonds. The van der Waals surface area contributed by atoms with Gasteiger partial charge in [-0.1, -0.05) is 45.0 Å². The Bertz CT molecular complexity index is 934. The van der Waals surface area contributed by atoms with E-state index in [1.54, 1.807) is 38.1 Å². The molecular formula is C25H32FN3O3. The molecule has 6 nitrogen and oxygen atoms in total. The Morgan fingerprint density at radius 1 is 1.00 bits per heavy atom. The van der Waals surface area contributed by atoms with Gasteiger partial charge in [-0.25, -0.2) is 4.39 Å². The molecule has 2 aromatic carbocycles. The average molecular weight is 442 g/mol. The van der Waals surface area contributed by atoms with Crippen LogP contribution in [0.25, 0.3) is 0 Å². The SMILES string of the molecule is CCN(CC(=O)NCc1ccc(F)cc1)C(=O)C(C)NC(=O)c1ccc(C(C)(C)C)cc1. The standard InChI is InChI=1S/C25H32FN3O3/c1-6-29(16-22(30)27-15-18-7-13-21(26)14-8-18)24(32)17(2)28-23(31)19-9-11-20(12-10-19)25(3,4)5/h7-14,17H,6,15-16H2,1-5H3,(H,27,30)(H,28,31). The number of benzene rings is 2. The van der Waals surface area contributed by atoms with Crippen molar-refractivity contribution in [3.63, 3.8) is 0 Å². The fraction of sp³-hybridized carbons (Fsp3) is 0.400. The highest BCUT2D eigenvalue weighted by atomic mass is 19.1. The van der Waals surface area contributed by atoms with Crippen LogP contribution in [0.15, 0.2) is 48.5 Å². The summed E-state index contributed by atoms with van der Waals surface area (Å²) in [6, 6.07) is 12.3. The van der Waals surface area contributed by atoms with Crippen LogP contribution in [0, 0.1) is 5.82 Å². The molecule has 1 atom stereocenters. The monoisotopic (exact) mass is 441 g/mol. The Kier molecular flexibility index (Phi) is 8.52. The second kappa shape index (κ2) is 10.9. The summed E-state index contributed by atoms with van der Waals surface area (Å²) in [5.41, 5.74) is 2.32. The average Bonchev–Trinajstić information content (AvgIpc) is 2.76. The van der Waals surface area contributed by atoms with Gasteiger partial charge in [0, 0.05) is 18.7 Å².